The number of benzene rings is 4. The summed E-state index contributed by atoms with van der Waals surface area (Å²) < 4.78 is 33.6. The Kier molecular flexibility index (Phi) is 8.32. The molecular weight excluding hydrogens is 520 g/mol. The molecule has 0 aliphatic carbocycles. The smallest absolute Gasteiger partial charge is 0.271 e. The van der Waals surface area contributed by atoms with Crippen LogP contribution in [0, 0.1) is 10.1 Å². The van der Waals surface area contributed by atoms with Crippen LogP contribution in [0.25, 0.3) is 0 Å². The summed E-state index contributed by atoms with van der Waals surface area (Å²) in [6.07, 6.45) is 1.31. The van der Waals surface area contributed by atoms with Crippen molar-refractivity contribution in [2.45, 2.75) is 11.4 Å². The van der Waals surface area contributed by atoms with Crippen molar-refractivity contribution in [3.63, 3.8) is 0 Å². The van der Waals surface area contributed by atoms with Gasteiger partial charge in [0.05, 0.1) is 35.4 Å². The molecule has 0 atom stereocenters. The highest BCUT2D eigenvalue weighted by Gasteiger charge is 2.25. The average Bonchev–Trinajstić information content (AvgIpc) is 2.97. The number of ether oxygens (including phenoxy) is 1. The Balaban J connectivity index is 1.51. The number of amides is 1. The molecule has 0 spiro atoms. The molecule has 4 rings (SSSR count). The summed E-state index contributed by atoms with van der Waals surface area (Å²) in [4.78, 5) is 23.1. The summed E-state index contributed by atoms with van der Waals surface area (Å²) in [7, 11) is -2.36. The summed E-state index contributed by atoms with van der Waals surface area (Å²) in [5, 5.41) is 14.8. The molecule has 0 saturated carbocycles. The fourth-order valence-corrected chi connectivity index (χ4v) is 5.13. The van der Waals surface area contributed by atoms with Gasteiger partial charge in [-0.3, -0.25) is 19.2 Å². The van der Waals surface area contributed by atoms with Gasteiger partial charge in [0.2, 0.25) is 0 Å². The normalized spacial score (nSPS) is 11.2. The molecule has 4 aromatic carbocycles. The van der Waals surface area contributed by atoms with Crippen LogP contribution < -0.4 is 14.5 Å². The van der Waals surface area contributed by atoms with Crippen LogP contribution in [0.15, 0.2) is 113 Å². The summed E-state index contributed by atoms with van der Waals surface area (Å²) in [5.74, 6) is 0.103. The van der Waals surface area contributed by atoms with E-state index in [1.165, 1.54) is 48.0 Å². The monoisotopic (exact) mass is 544 g/mol. The van der Waals surface area contributed by atoms with Gasteiger partial charge in [0, 0.05) is 23.3 Å². The number of non-ortho nitro benzene ring substituents is 1. The molecule has 0 radical (unpaired) electrons. The van der Waals surface area contributed by atoms with Crippen molar-refractivity contribution in [2.24, 2.45) is 5.10 Å². The van der Waals surface area contributed by atoms with E-state index in [0.717, 1.165) is 0 Å². The van der Waals surface area contributed by atoms with E-state index in [2.05, 4.69) is 10.5 Å². The van der Waals surface area contributed by atoms with Crippen LogP contribution in [-0.4, -0.2) is 32.6 Å². The van der Waals surface area contributed by atoms with Gasteiger partial charge in [-0.2, -0.15) is 5.10 Å². The van der Waals surface area contributed by atoms with Crippen molar-refractivity contribution in [2.75, 3.05) is 11.4 Å². The zero-order chi connectivity index (χ0) is 27.8. The third-order valence-electron chi connectivity index (χ3n) is 5.69. The van der Waals surface area contributed by atoms with Gasteiger partial charge >= 0.3 is 0 Å². The number of nitrogens with zero attached hydrogens (tertiary/aromatic N) is 3. The van der Waals surface area contributed by atoms with E-state index in [0.29, 0.717) is 28.1 Å². The molecule has 0 heterocycles. The van der Waals surface area contributed by atoms with E-state index in [1.807, 2.05) is 0 Å². The largest absolute Gasteiger partial charge is 0.497 e. The summed E-state index contributed by atoms with van der Waals surface area (Å²) in [5.41, 5.74) is 4.17. The first kappa shape index (κ1) is 27.0. The third-order valence-corrected chi connectivity index (χ3v) is 7.48. The molecule has 0 aromatic heterocycles. The van der Waals surface area contributed by atoms with Crippen LogP contribution in [0.4, 0.5) is 11.4 Å². The number of hydrogen-bond acceptors (Lipinski definition) is 7. The maximum absolute atomic E-state index is 13.5. The number of methoxy groups -OCH3 is 1. The number of nitro benzene ring substituents is 1. The zero-order valence-corrected chi connectivity index (χ0v) is 21.6. The van der Waals surface area contributed by atoms with Crippen molar-refractivity contribution >= 4 is 33.5 Å². The van der Waals surface area contributed by atoms with Gasteiger partial charge in [-0.1, -0.05) is 42.5 Å². The summed E-state index contributed by atoms with van der Waals surface area (Å²) in [6.45, 7) is 0.0242. The van der Waals surface area contributed by atoms with E-state index < -0.39 is 20.9 Å². The van der Waals surface area contributed by atoms with Crippen molar-refractivity contribution in [1.29, 1.82) is 0 Å². The number of hydrazone groups is 1. The second-order valence-electron chi connectivity index (χ2n) is 8.27. The Bertz CT molecular complexity index is 1590. The number of hydrogen-bond donors (Lipinski definition) is 1. The number of carbonyl (C=O) groups is 1. The van der Waals surface area contributed by atoms with E-state index in [9.17, 15) is 23.3 Å². The van der Waals surface area contributed by atoms with Crippen molar-refractivity contribution in [1.82, 2.24) is 5.43 Å². The number of nitrogens with one attached hydrogen (secondary N) is 1. The molecule has 198 valence electrons. The summed E-state index contributed by atoms with van der Waals surface area (Å²) >= 11 is 0. The Morgan fingerprint density at radius 1 is 0.974 bits per heavy atom. The highest BCUT2D eigenvalue weighted by molar-refractivity contribution is 7.92. The predicted molar refractivity (Wildman–Crippen MR) is 147 cm³/mol. The minimum atomic E-state index is -3.89. The van der Waals surface area contributed by atoms with E-state index in [-0.39, 0.29) is 17.1 Å². The van der Waals surface area contributed by atoms with Gasteiger partial charge in [0.15, 0.2) is 0 Å². The number of sulfonamides is 1. The quantitative estimate of drug-likeness (QED) is 0.174. The lowest BCUT2D eigenvalue weighted by atomic mass is 10.1. The maximum Gasteiger partial charge on any atom is 0.271 e. The van der Waals surface area contributed by atoms with Gasteiger partial charge in [-0.25, -0.2) is 13.8 Å². The van der Waals surface area contributed by atoms with Crippen LogP contribution in [0.3, 0.4) is 0 Å². The van der Waals surface area contributed by atoms with Gasteiger partial charge in [0.1, 0.15) is 5.75 Å². The molecule has 0 bridgehead atoms. The fraction of sp³-hybridized carbons (Fsp3) is 0.0714. The molecule has 0 unspecified atom stereocenters. The average molecular weight is 545 g/mol. The first-order valence-corrected chi connectivity index (χ1v) is 13.1. The molecule has 39 heavy (non-hydrogen) atoms. The first-order valence-electron chi connectivity index (χ1n) is 11.7. The van der Waals surface area contributed by atoms with Gasteiger partial charge in [0.25, 0.3) is 21.6 Å². The van der Waals surface area contributed by atoms with Crippen molar-refractivity contribution in [3.8, 4) is 5.75 Å². The fourth-order valence-electron chi connectivity index (χ4n) is 3.66. The SMILES string of the molecule is COc1ccc(N(Cc2ccc(C(=O)N/N=C\c3cccc([N+](=O)[O-])c3)cc2)S(=O)(=O)c2ccccc2)cc1. The molecule has 10 nitrogen and oxygen atoms in total. The first-order chi connectivity index (χ1) is 18.8. The standard InChI is InChI=1S/C28H24N4O6S/c1-38-26-16-14-24(15-17-26)31(39(36,37)27-8-3-2-4-9-27)20-21-10-12-23(13-11-21)28(33)30-29-19-22-6-5-7-25(18-22)32(34)35/h2-19H,20H2,1H3,(H,30,33)/b29-19-. The van der Waals surface area contributed by atoms with Crippen LogP contribution >= 0.6 is 0 Å². The number of nitro groups is 1. The molecular formula is C28H24N4O6S. The molecule has 4 aromatic rings. The van der Waals surface area contributed by atoms with Crippen LogP contribution in [0.5, 0.6) is 5.75 Å². The molecule has 0 aliphatic rings. The molecule has 0 saturated heterocycles. The van der Waals surface area contributed by atoms with Crippen LogP contribution in [-0.2, 0) is 16.6 Å². The maximum atomic E-state index is 13.5. The Labute approximate surface area is 225 Å². The van der Waals surface area contributed by atoms with Crippen molar-refractivity contribution < 1.29 is 22.9 Å². The lowest BCUT2D eigenvalue weighted by Gasteiger charge is -2.25. The molecule has 1 amide bonds. The molecule has 0 fully saturated rings. The molecule has 11 heteroatoms. The minimum absolute atomic E-state index is 0.0242. The highest BCUT2D eigenvalue weighted by Crippen LogP contribution is 2.28. The number of rotatable bonds is 10. The second kappa shape index (κ2) is 12.0. The Hall–Kier alpha value is -5.03. The zero-order valence-electron chi connectivity index (χ0n) is 20.8. The third kappa shape index (κ3) is 6.65. The van der Waals surface area contributed by atoms with E-state index >= 15 is 0 Å². The van der Waals surface area contributed by atoms with Gasteiger partial charge < -0.3 is 4.74 Å². The Morgan fingerprint density at radius 3 is 2.31 bits per heavy atom. The summed E-state index contributed by atoms with van der Waals surface area (Å²) in [6, 6.07) is 27.1. The number of anilines is 1. The van der Waals surface area contributed by atoms with Gasteiger partial charge in [-0.05, 0) is 54.1 Å². The number of carbonyl (C=O) groups excluding carboxylic acids is 1. The van der Waals surface area contributed by atoms with Crippen LogP contribution in [0.2, 0.25) is 0 Å². The molecule has 1 N–H and O–H groups in total. The lowest BCUT2D eigenvalue weighted by Crippen LogP contribution is -2.30. The highest BCUT2D eigenvalue weighted by atomic mass is 32.2. The van der Waals surface area contributed by atoms with Crippen LogP contribution in [0.1, 0.15) is 21.5 Å². The predicted octanol–water partition coefficient (Wildman–Crippen LogP) is 4.76. The van der Waals surface area contributed by atoms with E-state index in [1.54, 1.807) is 72.8 Å². The lowest BCUT2D eigenvalue weighted by molar-refractivity contribution is -0.384. The molecule has 0 aliphatic heterocycles. The Morgan fingerprint density at radius 2 is 1.67 bits per heavy atom. The van der Waals surface area contributed by atoms with Crippen molar-refractivity contribution in [3.05, 3.63) is 130 Å². The topological polar surface area (TPSA) is 131 Å². The second-order valence-corrected chi connectivity index (χ2v) is 10.1. The van der Waals surface area contributed by atoms with Gasteiger partial charge in [-0.15, -0.1) is 0 Å². The van der Waals surface area contributed by atoms with E-state index in [4.69, 9.17) is 4.74 Å². The minimum Gasteiger partial charge on any atom is -0.497 e.